The molecule has 0 amide bonds. The van der Waals surface area contributed by atoms with E-state index in [9.17, 15) is 9.65 Å². The molecule has 0 aromatic heterocycles. The third kappa shape index (κ3) is 3.41. The van der Waals surface area contributed by atoms with E-state index in [2.05, 4.69) is 30.1 Å². The molecule has 0 saturated carbocycles. The van der Waals surface area contributed by atoms with Gasteiger partial charge in [-0.3, -0.25) is 0 Å². The van der Waals surface area contributed by atoms with Gasteiger partial charge in [0.25, 0.3) is 0 Å². The molecule has 1 heterocycles. The second kappa shape index (κ2) is 6.74. The number of piperidine rings is 1. The number of nitrogens with zero attached hydrogens (tertiary/aromatic N) is 2. The fraction of sp³-hybridized carbons (Fsp3) is 0.316. The number of hydrogen-bond donors (Lipinski definition) is 0. The van der Waals surface area contributed by atoms with Crippen LogP contribution in [0.1, 0.15) is 18.4 Å². The maximum atomic E-state index is 13.1. The van der Waals surface area contributed by atoms with E-state index in [0.29, 0.717) is 0 Å². The lowest BCUT2D eigenvalue weighted by atomic mass is 9.74. The SMILES string of the molecule is CN1CCC(C#N)(c2ccccc2Sc2ccc(F)cc2)CC1. The monoisotopic (exact) mass is 326 g/mol. The van der Waals surface area contributed by atoms with Crippen molar-refractivity contribution in [3.05, 3.63) is 59.9 Å². The fourth-order valence-corrected chi connectivity index (χ4v) is 4.07. The third-order valence-corrected chi connectivity index (χ3v) is 5.58. The minimum atomic E-state index is -0.421. The molecule has 0 spiro atoms. The van der Waals surface area contributed by atoms with Crippen LogP contribution in [0.3, 0.4) is 0 Å². The van der Waals surface area contributed by atoms with Crippen molar-refractivity contribution < 1.29 is 4.39 Å². The van der Waals surface area contributed by atoms with Crippen molar-refractivity contribution in [2.45, 2.75) is 28.0 Å². The second-order valence-corrected chi connectivity index (χ2v) is 7.16. The molecule has 0 bridgehead atoms. The smallest absolute Gasteiger partial charge is 0.123 e. The van der Waals surface area contributed by atoms with E-state index in [1.165, 1.54) is 12.1 Å². The molecule has 0 radical (unpaired) electrons. The summed E-state index contributed by atoms with van der Waals surface area (Å²) in [6.45, 7) is 1.87. The van der Waals surface area contributed by atoms with Gasteiger partial charge in [0.1, 0.15) is 5.82 Å². The largest absolute Gasteiger partial charge is 0.306 e. The third-order valence-electron chi connectivity index (χ3n) is 4.50. The molecule has 2 aromatic rings. The summed E-state index contributed by atoms with van der Waals surface area (Å²) in [6.07, 6.45) is 1.70. The molecular formula is C19H19FN2S. The number of hydrogen-bond acceptors (Lipinski definition) is 3. The first kappa shape index (κ1) is 16.0. The zero-order chi connectivity index (χ0) is 16.3. The van der Waals surface area contributed by atoms with Crippen molar-refractivity contribution in [1.82, 2.24) is 4.90 Å². The van der Waals surface area contributed by atoms with Gasteiger partial charge in [0, 0.05) is 9.79 Å². The Morgan fingerprint density at radius 1 is 1.09 bits per heavy atom. The molecule has 0 unspecified atom stereocenters. The maximum Gasteiger partial charge on any atom is 0.123 e. The van der Waals surface area contributed by atoms with Gasteiger partial charge in [-0.2, -0.15) is 5.26 Å². The molecule has 1 saturated heterocycles. The van der Waals surface area contributed by atoms with Gasteiger partial charge in [-0.15, -0.1) is 0 Å². The van der Waals surface area contributed by atoms with Crippen LogP contribution in [0.4, 0.5) is 4.39 Å². The Morgan fingerprint density at radius 2 is 1.74 bits per heavy atom. The molecule has 2 nitrogen and oxygen atoms in total. The van der Waals surface area contributed by atoms with Gasteiger partial charge in [0.2, 0.25) is 0 Å². The number of benzene rings is 2. The summed E-state index contributed by atoms with van der Waals surface area (Å²) in [4.78, 5) is 4.34. The average Bonchev–Trinajstić information content (AvgIpc) is 2.59. The first-order chi connectivity index (χ1) is 11.1. The molecule has 23 heavy (non-hydrogen) atoms. The van der Waals surface area contributed by atoms with E-state index in [1.807, 2.05) is 12.1 Å². The molecule has 0 aliphatic carbocycles. The summed E-state index contributed by atoms with van der Waals surface area (Å²) in [7, 11) is 2.10. The lowest BCUT2D eigenvalue weighted by Gasteiger charge is -2.36. The van der Waals surface area contributed by atoms with Crippen LogP contribution in [-0.2, 0) is 5.41 Å². The van der Waals surface area contributed by atoms with Crippen LogP contribution in [0.5, 0.6) is 0 Å². The Hall–Kier alpha value is -1.83. The summed E-state index contributed by atoms with van der Waals surface area (Å²) >= 11 is 1.60. The van der Waals surface area contributed by atoms with Gasteiger partial charge in [-0.25, -0.2) is 4.39 Å². The molecular weight excluding hydrogens is 307 g/mol. The molecule has 3 rings (SSSR count). The van der Waals surface area contributed by atoms with E-state index in [1.54, 1.807) is 23.9 Å². The number of nitriles is 1. The normalized spacial score (nSPS) is 17.6. The highest BCUT2D eigenvalue weighted by atomic mass is 32.2. The molecule has 118 valence electrons. The Bertz CT molecular complexity index is 713. The second-order valence-electron chi connectivity index (χ2n) is 6.05. The van der Waals surface area contributed by atoms with E-state index < -0.39 is 5.41 Å². The Labute approximate surface area is 140 Å². The van der Waals surface area contributed by atoms with Crippen LogP contribution < -0.4 is 0 Å². The topological polar surface area (TPSA) is 27.0 Å². The molecule has 2 aromatic carbocycles. The molecule has 1 aliphatic rings. The van der Waals surface area contributed by atoms with Crippen LogP contribution >= 0.6 is 11.8 Å². The number of halogens is 1. The highest BCUT2D eigenvalue weighted by Crippen LogP contribution is 2.41. The average molecular weight is 326 g/mol. The van der Waals surface area contributed by atoms with E-state index in [-0.39, 0.29) is 5.82 Å². The quantitative estimate of drug-likeness (QED) is 0.833. The number of rotatable bonds is 3. The van der Waals surface area contributed by atoms with Crippen LogP contribution in [0.15, 0.2) is 58.3 Å². The van der Waals surface area contributed by atoms with Crippen LogP contribution in [-0.4, -0.2) is 25.0 Å². The van der Waals surface area contributed by atoms with Crippen molar-refractivity contribution in [1.29, 1.82) is 5.26 Å². The van der Waals surface area contributed by atoms with Crippen molar-refractivity contribution in [3.63, 3.8) is 0 Å². The van der Waals surface area contributed by atoms with Crippen molar-refractivity contribution >= 4 is 11.8 Å². The summed E-state index contributed by atoms with van der Waals surface area (Å²) in [5, 5.41) is 9.88. The summed E-state index contributed by atoms with van der Waals surface area (Å²) in [6, 6.07) is 17.2. The first-order valence-electron chi connectivity index (χ1n) is 7.76. The molecule has 4 heteroatoms. The lowest BCUT2D eigenvalue weighted by molar-refractivity contribution is 0.220. The van der Waals surface area contributed by atoms with Crippen molar-refractivity contribution in [2.24, 2.45) is 0 Å². The van der Waals surface area contributed by atoms with E-state index in [0.717, 1.165) is 41.3 Å². The van der Waals surface area contributed by atoms with Gasteiger partial charge in [-0.05, 0) is 68.9 Å². The van der Waals surface area contributed by atoms with Gasteiger partial charge >= 0.3 is 0 Å². The maximum absolute atomic E-state index is 13.1. The predicted octanol–water partition coefficient (Wildman–Crippen LogP) is 4.46. The summed E-state index contributed by atoms with van der Waals surface area (Å²) in [5.41, 5.74) is 0.681. The fourth-order valence-electron chi connectivity index (χ4n) is 3.02. The van der Waals surface area contributed by atoms with Gasteiger partial charge in [0.15, 0.2) is 0 Å². The van der Waals surface area contributed by atoms with E-state index >= 15 is 0 Å². The van der Waals surface area contributed by atoms with Gasteiger partial charge in [-0.1, -0.05) is 30.0 Å². The standard InChI is InChI=1S/C19H19FN2S/c1-22-12-10-19(14-21,11-13-22)17-4-2-3-5-18(17)23-16-8-6-15(20)7-9-16/h2-9H,10-13H2,1H3. The zero-order valence-electron chi connectivity index (χ0n) is 13.1. The highest BCUT2D eigenvalue weighted by Gasteiger charge is 2.37. The minimum Gasteiger partial charge on any atom is -0.306 e. The zero-order valence-corrected chi connectivity index (χ0v) is 13.9. The molecule has 0 N–H and O–H groups in total. The highest BCUT2D eigenvalue weighted by molar-refractivity contribution is 7.99. The first-order valence-corrected chi connectivity index (χ1v) is 8.57. The molecule has 0 atom stereocenters. The summed E-state index contributed by atoms with van der Waals surface area (Å²) < 4.78 is 13.1. The Kier molecular flexibility index (Phi) is 4.70. The van der Waals surface area contributed by atoms with Crippen LogP contribution in [0, 0.1) is 17.1 Å². The molecule has 1 fully saturated rings. The summed E-state index contributed by atoms with van der Waals surface area (Å²) in [5.74, 6) is -0.230. The van der Waals surface area contributed by atoms with Crippen LogP contribution in [0.2, 0.25) is 0 Å². The number of likely N-dealkylation sites (tertiary alicyclic amines) is 1. The molecule has 1 aliphatic heterocycles. The van der Waals surface area contributed by atoms with Gasteiger partial charge < -0.3 is 4.90 Å². The van der Waals surface area contributed by atoms with Gasteiger partial charge in [0.05, 0.1) is 11.5 Å². The minimum absolute atomic E-state index is 0.230. The van der Waals surface area contributed by atoms with Crippen LogP contribution in [0.25, 0.3) is 0 Å². The van der Waals surface area contributed by atoms with Crippen molar-refractivity contribution in [3.8, 4) is 6.07 Å². The van der Waals surface area contributed by atoms with Crippen molar-refractivity contribution in [2.75, 3.05) is 20.1 Å². The van der Waals surface area contributed by atoms with E-state index in [4.69, 9.17) is 0 Å². The Balaban J connectivity index is 1.94. The lowest BCUT2D eigenvalue weighted by Crippen LogP contribution is -2.40. The Morgan fingerprint density at radius 3 is 2.39 bits per heavy atom. The predicted molar refractivity (Wildman–Crippen MR) is 91.0 cm³/mol.